The van der Waals surface area contributed by atoms with E-state index in [2.05, 4.69) is 24.0 Å². The van der Waals surface area contributed by atoms with Gasteiger partial charge in [-0.1, -0.05) is 13.0 Å². The summed E-state index contributed by atoms with van der Waals surface area (Å²) in [5, 5.41) is 8.83. The summed E-state index contributed by atoms with van der Waals surface area (Å²) >= 11 is 0. The van der Waals surface area contributed by atoms with Gasteiger partial charge in [0.1, 0.15) is 5.75 Å². The highest BCUT2D eigenvalue weighted by Crippen LogP contribution is 2.28. The molecule has 1 N–H and O–H groups in total. The first-order valence-corrected chi connectivity index (χ1v) is 5.71. The van der Waals surface area contributed by atoms with Crippen LogP contribution < -0.4 is 9.64 Å². The molecule has 0 aliphatic rings. The largest absolute Gasteiger partial charge is 0.495 e. The quantitative estimate of drug-likeness (QED) is 0.801. The Morgan fingerprint density at radius 2 is 2.12 bits per heavy atom. The molecule has 0 atom stereocenters. The Morgan fingerprint density at radius 1 is 1.38 bits per heavy atom. The number of hydrogen-bond donors (Lipinski definition) is 1. The third-order valence-corrected chi connectivity index (χ3v) is 2.71. The molecule has 1 rings (SSSR count). The van der Waals surface area contributed by atoms with Crippen molar-refractivity contribution >= 4 is 5.69 Å². The van der Waals surface area contributed by atoms with Crippen molar-refractivity contribution in [3.8, 4) is 5.75 Å². The maximum Gasteiger partial charge on any atom is 0.142 e. The van der Waals surface area contributed by atoms with E-state index in [1.165, 1.54) is 5.56 Å². The molecule has 16 heavy (non-hydrogen) atoms. The lowest BCUT2D eigenvalue weighted by atomic mass is 10.1. The van der Waals surface area contributed by atoms with Crippen molar-refractivity contribution in [1.82, 2.24) is 0 Å². The van der Waals surface area contributed by atoms with Crippen molar-refractivity contribution in [1.29, 1.82) is 0 Å². The SMILES string of the molecule is CCc1ccc(OC)c(N(C)CCCO)c1. The molecule has 0 unspecified atom stereocenters. The Labute approximate surface area is 97.7 Å². The molecule has 0 spiro atoms. The molecule has 1 aromatic rings. The maximum absolute atomic E-state index is 8.83. The molecule has 3 nitrogen and oxygen atoms in total. The van der Waals surface area contributed by atoms with E-state index in [0.717, 1.165) is 30.8 Å². The van der Waals surface area contributed by atoms with E-state index in [9.17, 15) is 0 Å². The topological polar surface area (TPSA) is 32.7 Å². The van der Waals surface area contributed by atoms with Gasteiger partial charge in [0.15, 0.2) is 0 Å². The monoisotopic (exact) mass is 223 g/mol. The number of rotatable bonds is 6. The van der Waals surface area contributed by atoms with Gasteiger partial charge in [-0.25, -0.2) is 0 Å². The Morgan fingerprint density at radius 3 is 2.69 bits per heavy atom. The summed E-state index contributed by atoms with van der Waals surface area (Å²) in [7, 11) is 3.71. The Hall–Kier alpha value is -1.22. The van der Waals surface area contributed by atoms with Gasteiger partial charge in [0.2, 0.25) is 0 Å². The highest BCUT2D eigenvalue weighted by Gasteiger charge is 2.08. The lowest BCUT2D eigenvalue weighted by Crippen LogP contribution is -2.20. The summed E-state index contributed by atoms with van der Waals surface area (Å²) in [6, 6.07) is 6.24. The molecular weight excluding hydrogens is 202 g/mol. The van der Waals surface area contributed by atoms with Crippen LogP contribution in [-0.4, -0.2) is 32.4 Å². The van der Waals surface area contributed by atoms with E-state index < -0.39 is 0 Å². The molecule has 90 valence electrons. The van der Waals surface area contributed by atoms with Crippen LogP contribution in [-0.2, 0) is 6.42 Å². The number of benzene rings is 1. The fourth-order valence-electron chi connectivity index (χ4n) is 1.68. The van der Waals surface area contributed by atoms with Crippen LogP contribution in [0.3, 0.4) is 0 Å². The number of aliphatic hydroxyl groups is 1. The van der Waals surface area contributed by atoms with Gasteiger partial charge in [0, 0.05) is 20.2 Å². The van der Waals surface area contributed by atoms with E-state index in [0.29, 0.717) is 0 Å². The number of hydrogen-bond acceptors (Lipinski definition) is 3. The summed E-state index contributed by atoms with van der Waals surface area (Å²) in [5.74, 6) is 0.887. The third kappa shape index (κ3) is 3.14. The fourth-order valence-corrected chi connectivity index (χ4v) is 1.68. The van der Waals surface area contributed by atoms with E-state index in [4.69, 9.17) is 9.84 Å². The Balaban J connectivity index is 2.89. The van der Waals surface area contributed by atoms with Gasteiger partial charge in [0.25, 0.3) is 0 Å². The lowest BCUT2D eigenvalue weighted by Gasteiger charge is -2.22. The zero-order chi connectivity index (χ0) is 12.0. The summed E-state index contributed by atoms with van der Waals surface area (Å²) in [6.45, 7) is 3.19. The van der Waals surface area contributed by atoms with Crippen molar-refractivity contribution in [2.24, 2.45) is 0 Å². The first-order chi connectivity index (χ1) is 7.72. The second-order valence-electron chi connectivity index (χ2n) is 3.86. The minimum absolute atomic E-state index is 0.222. The minimum atomic E-state index is 0.222. The predicted octanol–water partition coefficient (Wildman–Crippen LogP) is 2.08. The number of aryl methyl sites for hydroxylation is 1. The van der Waals surface area contributed by atoms with Crippen molar-refractivity contribution in [2.75, 3.05) is 32.2 Å². The summed E-state index contributed by atoms with van der Waals surface area (Å²) in [4.78, 5) is 2.12. The molecule has 0 heterocycles. The van der Waals surface area contributed by atoms with Crippen LogP contribution in [0.2, 0.25) is 0 Å². The average molecular weight is 223 g/mol. The first-order valence-electron chi connectivity index (χ1n) is 5.71. The Bertz CT molecular complexity index is 326. The predicted molar refractivity (Wildman–Crippen MR) is 67.3 cm³/mol. The second-order valence-corrected chi connectivity index (χ2v) is 3.86. The smallest absolute Gasteiger partial charge is 0.142 e. The third-order valence-electron chi connectivity index (χ3n) is 2.71. The summed E-state index contributed by atoms with van der Waals surface area (Å²) in [5.41, 5.74) is 2.39. The molecule has 0 aromatic heterocycles. The molecule has 0 radical (unpaired) electrons. The second kappa shape index (κ2) is 6.38. The molecular formula is C13H21NO2. The van der Waals surface area contributed by atoms with Crippen molar-refractivity contribution in [3.05, 3.63) is 23.8 Å². The van der Waals surface area contributed by atoms with E-state index in [-0.39, 0.29) is 6.61 Å². The summed E-state index contributed by atoms with van der Waals surface area (Å²) in [6.07, 6.45) is 1.79. The van der Waals surface area contributed by atoms with Crippen LogP contribution in [0, 0.1) is 0 Å². The van der Waals surface area contributed by atoms with Gasteiger partial charge in [-0.2, -0.15) is 0 Å². The van der Waals surface area contributed by atoms with Crippen LogP contribution in [0.15, 0.2) is 18.2 Å². The zero-order valence-electron chi connectivity index (χ0n) is 10.4. The molecule has 0 bridgehead atoms. The van der Waals surface area contributed by atoms with Gasteiger partial charge in [0.05, 0.1) is 12.8 Å². The molecule has 0 saturated heterocycles. The zero-order valence-corrected chi connectivity index (χ0v) is 10.4. The summed E-state index contributed by atoms with van der Waals surface area (Å²) < 4.78 is 5.34. The van der Waals surface area contributed by atoms with Crippen LogP contribution >= 0.6 is 0 Å². The van der Waals surface area contributed by atoms with Gasteiger partial charge in [-0.05, 0) is 30.5 Å². The van der Waals surface area contributed by atoms with E-state index in [1.54, 1.807) is 7.11 Å². The normalized spacial score (nSPS) is 10.2. The Kier molecular flexibility index (Phi) is 5.12. The van der Waals surface area contributed by atoms with Crippen molar-refractivity contribution < 1.29 is 9.84 Å². The molecule has 1 aromatic carbocycles. The van der Waals surface area contributed by atoms with Gasteiger partial charge in [-0.15, -0.1) is 0 Å². The fraction of sp³-hybridized carbons (Fsp3) is 0.538. The number of aliphatic hydroxyl groups excluding tert-OH is 1. The molecule has 0 aliphatic heterocycles. The number of ether oxygens (including phenoxy) is 1. The lowest BCUT2D eigenvalue weighted by molar-refractivity contribution is 0.290. The van der Waals surface area contributed by atoms with Gasteiger partial charge < -0.3 is 14.7 Å². The molecule has 3 heteroatoms. The van der Waals surface area contributed by atoms with Crippen LogP contribution in [0.4, 0.5) is 5.69 Å². The molecule has 0 amide bonds. The highest BCUT2D eigenvalue weighted by molar-refractivity contribution is 5.59. The average Bonchev–Trinajstić information content (AvgIpc) is 2.35. The van der Waals surface area contributed by atoms with Crippen molar-refractivity contribution in [2.45, 2.75) is 19.8 Å². The molecule has 0 saturated carbocycles. The standard InChI is InChI=1S/C13H21NO2/c1-4-11-6-7-13(16-3)12(10-11)14(2)8-5-9-15/h6-7,10,15H,4-5,8-9H2,1-3H3. The molecule has 0 fully saturated rings. The van der Waals surface area contributed by atoms with Crippen LogP contribution in [0.5, 0.6) is 5.75 Å². The van der Waals surface area contributed by atoms with Crippen LogP contribution in [0.1, 0.15) is 18.9 Å². The molecule has 0 aliphatic carbocycles. The van der Waals surface area contributed by atoms with Crippen LogP contribution in [0.25, 0.3) is 0 Å². The minimum Gasteiger partial charge on any atom is -0.495 e. The number of nitrogens with zero attached hydrogens (tertiary/aromatic N) is 1. The number of anilines is 1. The van der Waals surface area contributed by atoms with E-state index >= 15 is 0 Å². The first kappa shape index (κ1) is 12.8. The van der Waals surface area contributed by atoms with Gasteiger partial charge >= 0.3 is 0 Å². The maximum atomic E-state index is 8.83. The van der Waals surface area contributed by atoms with Gasteiger partial charge in [-0.3, -0.25) is 0 Å². The highest BCUT2D eigenvalue weighted by atomic mass is 16.5. The number of methoxy groups -OCH3 is 1. The van der Waals surface area contributed by atoms with Crippen molar-refractivity contribution in [3.63, 3.8) is 0 Å². The van der Waals surface area contributed by atoms with E-state index in [1.807, 2.05) is 13.1 Å².